The van der Waals surface area contributed by atoms with Crippen molar-refractivity contribution >= 4 is 65.5 Å². The second-order valence-electron chi connectivity index (χ2n) is 14.5. The number of hydrogen-bond acceptors (Lipinski definition) is 2. The van der Waals surface area contributed by atoms with E-state index in [9.17, 15) is 5.26 Å². The van der Waals surface area contributed by atoms with Crippen LogP contribution in [0.1, 0.15) is 16.7 Å². The van der Waals surface area contributed by atoms with Crippen LogP contribution in [0, 0.1) is 25.2 Å². The number of benzene rings is 7. The van der Waals surface area contributed by atoms with E-state index in [1.54, 1.807) is 0 Å². The minimum absolute atomic E-state index is 0.609. The molecule has 0 atom stereocenters. The minimum Gasteiger partial charge on any atom is -0.308 e. The van der Waals surface area contributed by atoms with Crippen LogP contribution >= 0.6 is 0 Å². The van der Waals surface area contributed by atoms with Gasteiger partial charge in [0.2, 0.25) is 0 Å². The third-order valence-electron chi connectivity index (χ3n) is 11.2. The zero-order valence-corrected chi connectivity index (χ0v) is 30.3. The number of para-hydroxylation sites is 3. The van der Waals surface area contributed by atoms with Crippen LogP contribution in [0.4, 0.5) is 0 Å². The van der Waals surface area contributed by atoms with Crippen LogP contribution in [-0.4, -0.2) is 18.7 Å². The Hall–Kier alpha value is -7.42. The largest absolute Gasteiger partial charge is 0.308 e. The molecule has 0 fully saturated rings. The fraction of sp³-hybridized carbons (Fsp3) is 0.0400. The molecule has 7 aromatic carbocycles. The summed E-state index contributed by atoms with van der Waals surface area (Å²) in [6, 6.07) is 58.7. The van der Waals surface area contributed by atoms with Gasteiger partial charge in [-0.15, -0.1) is 0 Å². The van der Waals surface area contributed by atoms with Crippen LogP contribution in [0.25, 0.3) is 93.7 Å². The molecule has 4 heterocycles. The van der Waals surface area contributed by atoms with Crippen molar-refractivity contribution in [3.63, 3.8) is 0 Å². The summed E-state index contributed by atoms with van der Waals surface area (Å²) in [5.74, 6) is 0. The van der Waals surface area contributed by atoms with Gasteiger partial charge in [0, 0.05) is 44.2 Å². The lowest BCUT2D eigenvalue weighted by Gasteiger charge is -2.19. The van der Waals surface area contributed by atoms with E-state index < -0.39 is 0 Å². The molecule has 4 aromatic heterocycles. The summed E-state index contributed by atoms with van der Waals surface area (Å²) < 4.78 is 6.83. The summed E-state index contributed by atoms with van der Waals surface area (Å²) in [5, 5.41) is 18.3. The molecule has 0 aliphatic carbocycles. The van der Waals surface area contributed by atoms with Gasteiger partial charge in [-0.1, -0.05) is 90.0 Å². The monoisotopic (exact) mass is 703 g/mol. The molecule has 55 heavy (non-hydrogen) atoms. The van der Waals surface area contributed by atoms with Crippen molar-refractivity contribution in [3.8, 4) is 34.3 Å². The normalized spacial score (nSPS) is 11.8. The van der Waals surface area contributed by atoms with Gasteiger partial charge in [-0.25, -0.2) is 4.98 Å². The maximum atomic E-state index is 11.3. The van der Waals surface area contributed by atoms with Crippen molar-refractivity contribution in [3.05, 3.63) is 181 Å². The molecule has 258 valence electrons. The fourth-order valence-electron chi connectivity index (χ4n) is 8.82. The van der Waals surface area contributed by atoms with Crippen molar-refractivity contribution in [2.45, 2.75) is 13.8 Å². The Morgan fingerprint density at radius 1 is 0.436 bits per heavy atom. The molecule has 0 radical (unpaired) electrons. The Kier molecular flexibility index (Phi) is 6.68. The molecule has 11 rings (SSSR count). The number of fused-ring (bicyclic) bond motifs is 9. The van der Waals surface area contributed by atoms with Gasteiger partial charge in [-0.05, 0) is 104 Å². The Bertz CT molecular complexity index is 3230. The molecule has 0 N–H and O–H groups in total. The highest BCUT2D eigenvalue weighted by molar-refractivity contribution is 6.12. The second kappa shape index (κ2) is 11.8. The number of hydrogen-bond donors (Lipinski definition) is 0. The Balaban J connectivity index is 1.26. The summed E-state index contributed by atoms with van der Waals surface area (Å²) in [5.41, 5.74) is 14.0. The first kappa shape index (κ1) is 31.1. The SMILES string of the molecule is Cc1ccc2c(c1)c1ccccc1n2-c1cc(-c2cccc(-n3c4ccccc4c4cccnc43)c2)cc(-n2c3ccccc3c3cc(C)ccc32)c1C#N. The molecule has 0 aliphatic heterocycles. The first-order valence-corrected chi connectivity index (χ1v) is 18.6. The lowest BCUT2D eigenvalue weighted by Crippen LogP contribution is -2.05. The molecule has 0 saturated carbocycles. The molecular formula is C50H33N5. The second-order valence-corrected chi connectivity index (χ2v) is 14.5. The number of pyridine rings is 1. The summed E-state index contributed by atoms with van der Waals surface area (Å²) in [4.78, 5) is 4.86. The highest BCUT2D eigenvalue weighted by Crippen LogP contribution is 2.41. The predicted molar refractivity (Wildman–Crippen MR) is 227 cm³/mol. The van der Waals surface area contributed by atoms with Gasteiger partial charge in [0.15, 0.2) is 0 Å². The van der Waals surface area contributed by atoms with Crippen molar-refractivity contribution in [1.82, 2.24) is 18.7 Å². The molecule has 0 amide bonds. The van der Waals surface area contributed by atoms with Crippen LogP contribution in [0.3, 0.4) is 0 Å². The third kappa shape index (κ3) is 4.55. The number of nitrogens with zero attached hydrogens (tertiary/aromatic N) is 5. The summed E-state index contributed by atoms with van der Waals surface area (Å²) in [7, 11) is 0. The maximum Gasteiger partial charge on any atom is 0.145 e. The Morgan fingerprint density at radius 3 is 1.53 bits per heavy atom. The van der Waals surface area contributed by atoms with E-state index in [4.69, 9.17) is 4.98 Å². The minimum atomic E-state index is 0.609. The fourth-order valence-corrected chi connectivity index (χ4v) is 8.82. The first-order valence-electron chi connectivity index (χ1n) is 18.6. The first-order chi connectivity index (χ1) is 27.1. The van der Waals surface area contributed by atoms with Crippen LogP contribution < -0.4 is 0 Å². The van der Waals surface area contributed by atoms with E-state index in [0.29, 0.717) is 5.56 Å². The zero-order valence-electron chi connectivity index (χ0n) is 30.3. The average Bonchev–Trinajstić information content (AvgIpc) is 3.85. The molecule has 5 heteroatoms. The van der Waals surface area contributed by atoms with E-state index in [2.05, 4.69) is 185 Å². The van der Waals surface area contributed by atoms with Crippen molar-refractivity contribution in [2.75, 3.05) is 0 Å². The van der Waals surface area contributed by atoms with Crippen LogP contribution in [0.5, 0.6) is 0 Å². The van der Waals surface area contributed by atoms with E-state index in [-0.39, 0.29) is 0 Å². The lowest BCUT2D eigenvalue weighted by molar-refractivity contribution is 1.12. The number of rotatable bonds is 4. The highest BCUT2D eigenvalue weighted by Gasteiger charge is 2.23. The van der Waals surface area contributed by atoms with E-state index in [0.717, 1.165) is 77.6 Å². The van der Waals surface area contributed by atoms with Gasteiger partial charge >= 0.3 is 0 Å². The van der Waals surface area contributed by atoms with Crippen LogP contribution in [0.2, 0.25) is 0 Å². The smallest absolute Gasteiger partial charge is 0.145 e. The van der Waals surface area contributed by atoms with Gasteiger partial charge in [-0.2, -0.15) is 5.26 Å². The number of nitriles is 1. The predicted octanol–water partition coefficient (Wildman–Crippen LogP) is 12.5. The topological polar surface area (TPSA) is 51.5 Å². The molecule has 11 aromatic rings. The van der Waals surface area contributed by atoms with E-state index >= 15 is 0 Å². The molecule has 0 spiro atoms. The average molecular weight is 704 g/mol. The van der Waals surface area contributed by atoms with Crippen LogP contribution in [0.15, 0.2) is 164 Å². The molecule has 0 saturated heterocycles. The van der Waals surface area contributed by atoms with Crippen molar-refractivity contribution in [2.24, 2.45) is 0 Å². The Labute approximate surface area is 317 Å². The standard InChI is InChI=1S/C50H33N5/c1-31-20-22-46-40(25-31)37-14-4-7-18-44(37)54(46)48-28-34(29-49(42(48)30-51)55-45-19-8-5-15-38(45)41-26-32(2)21-23-47(41)55)33-11-9-12-35(27-33)53-43-17-6-3-13-36(43)39-16-10-24-52-50(39)53/h3-29H,1-2H3. The molecule has 5 nitrogen and oxygen atoms in total. The number of aromatic nitrogens is 4. The summed E-state index contributed by atoms with van der Waals surface area (Å²) in [6.45, 7) is 4.27. The van der Waals surface area contributed by atoms with Gasteiger partial charge in [0.05, 0.1) is 39.0 Å². The quantitative estimate of drug-likeness (QED) is 0.183. The maximum absolute atomic E-state index is 11.3. The van der Waals surface area contributed by atoms with Gasteiger partial charge in [0.1, 0.15) is 17.3 Å². The lowest BCUT2D eigenvalue weighted by atomic mass is 9.99. The molecule has 0 unspecified atom stereocenters. The van der Waals surface area contributed by atoms with E-state index in [1.165, 1.54) is 27.3 Å². The van der Waals surface area contributed by atoms with Crippen LogP contribution in [-0.2, 0) is 0 Å². The van der Waals surface area contributed by atoms with Crippen molar-refractivity contribution < 1.29 is 0 Å². The Morgan fingerprint density at radius 2 is 0.945 bits per heavy atom. The van der Waals surface area contributed by atoms with E-state index in [1.807, 2.05) is 12.3 Å². The third-order valence-corrected chi connectivity index (χ3v) is 11.2. The summed E-state index contributed by atoms with van der Waals surface area (Å²) >= 11 is 0. The molecule has 0 bridgehead atoms. The van der Waals surface area contributed by atoms with Gasteiger partial charge < -0.3 is 9.13 Å². The molecular weight excluding hydrogens is 671 g/mol. The summed E-state index contributed by atoms with van der Waals surface area (Å²) in [6.07, 6.45) is 1.86. The van der Waals surface area contributed by atoms with Crippen molar-refractivity contribution in [1.29, 1.82) is 5.26 Å². The molecule has 0 aliphatic rings. The number of aryl methyl sites for hydroxylation is 2. The zero-order chi connectivity index (χ0) is 36.8. The van der Waals surface area contributed by atoms with Gasteiger partial charge in [0.25, 0.3) is 0 Å². The highest BCUT2D eigenvalue weighted by atomic mass is 15.0. The van der Waals surface area contributed by atoms with Gasteiger partial charge in [-0.3, -0.25) is 4.57 Å².